The van der Waals surface area contributed by atoms with Gasteiger partial charge in [-0.05, 0) is 62.6 Å². The predicted octanol–water partition coefficient (Wildman–Crippen LogP) is 3.89. The van der Waals surface area contributed by atoms with Crippen molar-refractivity contribution in [2.45, 2.75) is 33.3 Å². The highest BCUT2D eigenvalue weighted by atomic mass is 16.5. The predicted molar refractivity (Wildman–Crippen MR) is 140 cm³/mol. The number of ether oxygens (including phenoxy) is 1. The molecule has 4 rings (SSSR count). The SMILES string of the molecule is CCNC(=O)c1cc2c(-c3cc([C@@](C)(O)CO)ccc3Oc3c(C)cccc3C)cn(C)c(=O)c2[nH]1. The summed E-state index contributed by atoms with van der Waals surface area (Å²) in [6.45, 7) is 7.24. The van der Waals surface area contributed by atoms with E-state index in [0.29, 0.717) is 40.1 Å². The van der Waals surface area contributed by atoms with Gasteiger partial charge >= 0.3 is 0 Å². The lowest BCUT2D eigenvalue weighted by Gasteiger charge is -2.23. The second kappa shape index (κ2) is 9.64. The van der Waals surface area contributed by atoms with Crippen molar-refractivity contribution in [3.8, 4) is 22.6 Å². The Balaban J connectivity index is 2.01. The van der Waals surface area contributed by atoms with Crippen LogP contribution in [0.3, 0.4) is 0 Å². The standard InChI is InChI=1S/C28H31N3O5/c1-6-29-26(33)22-13-20-21(14-31(5)27(34)24(20)30-22)19-12-18(28(4,35)15-32)10-11-23(19)36-25-16(2)8-7-9-17(25)3/h7-14,30,32,35H,6,15H2,1-5H3,(H,29,33)/t28-/m0/s1. The van der Waals surface area contributed by atoms with Crippen LogP contribution in [0.25, 0.3) is 22.0 Å². The van der Waals surface area contributed by atoms with E-state index < -0.39 is 12.2 Å². The molecule has 0 fully saturated rings. The fourth-order valence-electron chi connectivity index (χ4n) is 4.25. The number of benzene rings is 2. The maximum atomic E-state index is 12.9. The summed E-state index contributed by atoms with van der Waals surface area (Å²) < 4.78 is 7.86. The van der Waals surface area contributed by atoms with Gasteiger partial charge in [-0.25, -0.2) is 0 Å². The van der Waals surface area contributed by atoms with Crippen molar-refractivity contribution in [3.63, 3.8) is 0 Å². The van der Waals surface area contributed by atoms with Crippen LogP contribution < -0.4 is 15.6 Å². The average Bonchev–Trinajstić information content (AvgIpc) is 3.30. The van der Waals surface area contributed by atoms with Gasteiger partial charge in [0.05, 0.1) is 6.61 Å². The molecule has 2 aromatic heterocycles. The molecular weight excluding hydrogens is 458 g/mol. The molecular formula is C28H31N3O5. The van der Waals surface area contributed by atoms with Gasteiger partial charge in [-0.3, -0.25) is 9.59 Å². The molecule has 1 atom stereocenters. The third-order valence-electron chi connectivity index (χ3n) is 6.37. The number of aryl methyl sites for hydroxylation is 3. The Morgan fingerprint density at radius 1 is 1.14 bits per heavy atom. The molecule has 2 aromatic carbocycles. The van der Waals surface area contributed by atoms with Crippen LogP contribution in [0.1, 0.15) is 41.0 Å². The maximum absolute atomic E-state index is 12.9. The monoisotopic (exact) mass is 489 g/mol. The molecule has 36 heavy (non-hydrogen) atoms. The molecule has 0 bridgehead atoms. The number of carbonyl (C=O) groups excluding carboxylic acids is 1. The Hall–Kier alpha value is -3.88. The Kier molecular flexibility index (Phi) is 6.75. The van der Waals surface area contributed by atoms with Gasteiger partial charge in [-0.2, -0.15) is 0 Å². The molecule has 2 heterocycles. The number of nitrogens with zero attached hydrogens (tertiary/aromatic N) is 1. The zero-order valence-electron chi connectivity index (χ0n) is 21.1. The van der Waals surface area contributed by atoms with E-state index in [1.54, 1.807) is 37.5 Å². The number of nitrogens with one attached hydrogen (secondary N) is 2. The average molecular weight is 490 g/mol. The van der Waals surface area contributed by atoms with Gasteiger partial charge in [0, 0.05) is 36.3 Å². The van der Waals surface area contributed by atoms with Gasteiger partial charge in [0.1, 0.15) is 28.3 Å². The normalized spacial score (nSPS) is 13.0. The molecule has 4 aromatic rings. The van der Waals surface area contributed by atoms with Gasteiger partial charge in [-0.15, -0.1) is 0 Å². The summed E-state index contributed by atoms with van der Waals surface area (Å²) in [5.74, 6) is 0.898. The number of H-pyrrole nitrogens is 1. The van der Waals surface area contributed by atoms with Crippen molar-refractivity contribution in [1.29, 1.82) is 0 Å². The van der Waals surface area contributed by atoms with E-state index in [2.05, 4.69) is 10.3 Å². The van der Waals surface area contributed by atoms with Crippen molar-refractivity contribution >= 4 is 16.8 Å². The van der Waals surface area contributed by atoms with Gasteiger partial charge < -0.3 is 29.8 Å². The first kappa shape index (κ1) is 25.2. The zero-order chi connectivity index (χ0) is 26.2. The topological polar surface area (TPSA) is 117 Å². The molecule has 8 nitrogen and oxygen atoms in total. The van der Waals surface area contributed by atoms with E-state index in [-0.39, 0.29) is 22.7 Å². The van der Waals surface area contributed by atoms with Crippen LogP contribution in [0.4, 0.5) is 0 Å². The van der Waals surface area contributed by atoms with Crippen LogP contribution in [-0.2, 0) is 12.6 Å². The number of fused-ring (bicyclic) bond motifs is 1. The van der Waals surface area contributed by atoms with Gasteiger partial charge in [-0.1, -0.05) is 24.3 Å². The Morgan fingerprint density at radius 3 is 2.47 bits per heavy atom. The number of hydrogen-bond donors (Lipinski definition) is 4. The number of rotatable bonds is 7. The molecule has 4 N–H and O–H groups in total. The van der Waals surface area contributed by atoms with Gasteiger partial charge in [0.25, 0.3) is 11.5 Å². The molecule has 188 valence electrons. The number of aromatic nitrogens is 2. The summed E-state index contributed by atoms with van der Waals surface area (Å²) in [5, 5.41) is 23.8. The molecule has 0 saturated carbocycles. The first-order valence-electron chi connectivity index (χ1n) is 11.8. The summed E-state index contributed by atoms with van der Waals surface area (Å²) in [4.78, 5) is 28.4. The molecule has 8 heteroatoms. The number of pyridine rings is 1. The fraction of sp³-hybridized carbons (Fsp3) is 0.286. The lowest BCUT2D eigenvalue weighted by Crippen LogP contribution is -2.25. The fourth-order valence-corrected chi connectivity index (χ4v) is 4.25. The van der Waals surface area contributed by atoms with E-state index in [9.17, 15) is 19.8 Å². The molecule has 0 aliphatic rings. The minimum atomic E-state index is -1.49. The zero-order valence-corrected chi connectivity index (χ0v) is 21.1. The van der Waals surface area contributed by atoms with Crippen molar-refractivity contribution in [3.05, 3.63) is 81.4 Å². The van der Waals surface area contributed by atoms with Gasteiger partial charge in [0.15, 0.2) is 0 Å². The van der Waals surface area contributed by atoms with Crippen LogP contribution in [0, 0.1) is 13.8 Å². The molecule has 0 spiro atoms. The highest BCUT2D eigenvalue weighted by molar-refractivity contribution is 6.03. The lowest BCUT2D eigenvalue weighted by molar-refractivity contribution is -0.00226. The van der Waals surface area contributed by atoms with E-state index in [0.717, 1.165) is 11.1 Å². The number of aliphatic hydroxyl groups excluding tert-OH is 1. The lowest BCUT2D eigenvalue weighted by atomic mass is 9.92. The molecule has 0 aliphatic heterocycles. The van der Waals surface area contributed by atoms with E-state index in [1.807, 2.05) is 39.0 Å². The second-order valence-corrected chi connectivity index (χ2v) is 9.26. The largest absolute Gasteiger partial charge is 0.456 e. The number of hydrogen-bond acceptors (Lipinski definition) is 5. The number of aromatic amines is 1. The quantitative estimate of drug-likeness (QED) is 0.314. The number of para-hydroxylation sites is 1. The Labute approximate surface area is 209 Å². The van der Waals surface area contributed by atoms with Gasteiger partial charge in [0.2, 0.25) is 0 Å². The van der Waals surface area contributed by atoms with Crippen molar-refractivity contribution in [1.82, 2.24) is 14.9 Å². The smallest absolute Gasteiger partial charge is 0.274 e. The number of aliphatic hydroxyl groups is 2. The Bertz CT molecular complexity index is 1490. The van der Waals surface area contributed by atoms with Crippen molar-refractivity contribution in [2.24, 2.45) is 7.05 Å². The van der Waals surface area contributed by atoms with Crippen LogP contribution >= 0.6 is 0 Å². The Morgan fingerprint density at radius 2 is 1.83 bits per heavy atom. The summed E-state index contributed by atoms with van der Waals surface area (Å²) in [6.07, 6.45) is 1.68. The number of amides is 1. The molecule has 0 saturated heterocycles. The second-order valence-electron chi connectivity index (χ2n) is 9.26. The summed E-state index contributed by atoms with van der Waals surface area (Å²) in [5.41, 5.74) is 2.42. The third kappa shape index (κ3) is 4.53. The molecule has 1 amide bonds. The maximum Gasteiger partial charge on any atom is 0.274 e. The molecule has 0 aliphatic carbocycles. The molecule has 0 radical (unpaired) electrons. The summed E-state index contributed by atoms with van der Waals surface area (Å²) >= 11 is 0. The van der Waals surface area contributed by atoms with Crippen LogP contribution in [0.5, 0.6) is 11.5 Å². The highest BCUT2D eigenvalue weighted by Gasteiger charge is 2.25. The van der Waals surface area contributed by atoms with E-state index in [1.165, 1.54) is 11.5 Å². The van der Waals surface area contributed by atoms with Crippen molar-refractivity contribution in [2.75, 3.05) is 13.2 Å². The minimum absolute atomic E-state index is 0.270. The highest BCUT2D eigenvalue weighted by Crippen LogP contribution is 2.40. The summed E-state index contributed by atoms with van der Waals surface area (Å²) in [6, 6.07) is 12.7. The minimum Gasteiger partial charge on any atom is -0.456 e. The third-order valence-corrected chi connectivity index (χ3v) is 6.37. The van der Waals surface area contributed by atoms with E-state index >= 15 is 0 Å². The molecule has 0 unspecified atom stereocenters. The first-order chi connectivity index (χ1) is 17.1. The van der Waals surface area contributed by atoms with Crippen LogP contribution in [-0.4, -0.2) is 38.8 Å². The van der Waals surface area contributed by atoms with Crippen LogP contribution in [0.15, 0.2) is 53.5 Å². The summed E-state index contributed by atoms with van der Waals surface area (Å²) in [7, 11) is 1.64. The first-order valence-corrected chi connectivity index (χ1v) is 11.8. The number of carbonyl (C=O) groups is 1. The van der Waals surface area contributed by atoms with Crippen LogP contribution in [0.2, 0.25) is 0 Å². The van der Waals surface area contributed by atoms with E-state index in [4.69, 9.17) is 4.74 Å². The van der Waals surface area contributed by atoms with Crippen molar-refractivity contribution < 1.29 is 19.7 Å².